The Kier molecular flexibility index (Phi) is 6.07. The number of aromatic nitrogens is 2. The quantitative estimate of drug-likeness (QED) is 0.648. The number of rotatable bonds is 7. The van der Waals surface area contributed by atoms with Crippen molar-refractivity contribution in [2.75, 3.05) is 6.54 Å². The molecule has 1 aromatic heterocycles. The first-order valence-electron chi connectivity index (χ1n) is 9.99. The van der Waals surface area contributed by atoms with Crippen molar-refractivity contribution in [3.8, 4) is 5.69 Å². The van der Waals surface area contributed by atoms with Gasteiger partial charge in [-0.3, -0.25) is 9.36 Å². The maximum absolute atomic E-state index is 13.4. The van der Waals surface area contributed by atoms with Gasteiger partial charge in [0, 0.05) is 6.42 Å². The molecule has 0 amide bonds. The number of nitrogens with zero attached hydrogens (tertiary/aromatic N) is 2. The molecule has 2 aromatic carbocycles. The standard InChI is InChI=1S/C23H29N3O/c1-5-7-14-24-20(6-2)22-25-21-11-9-8-10-19(21)23(27)26(22)18-13-12-16(3)17(4)15-18/h8-13,15,20,24H,5-7,14H2,1-4H3/p+1/t20-/m0/s1. The third-order valence-corrected chi connectivity index (χ3v) is 5.33. The summed E-state index contributed by atoms with van der Waals surface area (Å²) in [5, 5.41) is 3.00. The van der Waals surface area contributed by atoms with Crippen LogP contribution in [0.3, 0.4) is 0 Å². The van der Waals surface area contributed by atoms with Crippen LogP contribution in [-0.2, 0) is 0 Å². The molecule has 142 valence electrons. The van der Waals surface area contributed by atoms with Crippen LogP contribution in [-0.4, -0.2) is 16.1 Å². The van der Waals surface area contributed by atoms with Crippen LogP contribution in [0.1, 0.15) is 56.1 Å². The van der Waals surface area contributed by atoms with Crippen LogP contribution < -0.4 is 10.9 Å². The zero-order chi connectivity index (χ0) is 19.4. The van der Waals surface area contributed by atoms with E-state index in [0.29, 0.717) is 5.39 Å². The van der Waals surface area contributed by atoms with Gasteiger partial charge in [0.15, 0.2) is 5.82 Å². The van der Waals surface area contributed by atoms with E-state index in [1.54, 1.807) is 0 Å². The molecule has 1 heterocycles. The summed E-state index contributed by atoms with van der Waals surface area (Å²) in [4.78, 5) is 18.4. The van der Waals surface area contributed by atoms with Crippen molar-refractivity contribution >= 4 is 10.9 Å². The minimum Gasteiger partial charge on any atom is -0.338 e. The van der Waals surface area contributed by atoms with Gasteiger partial charge in [-0.15, -0.1) is 0 Å². The van der Waals surface area contributed by atoms with Gasteiger partial charge in [-0.25, -0.2) is 4.98 Å². The van der Waals surface area contributed by atoms with Crippen LogP contribution in [0.5, 0.6) is 0 Å². The molecule has 0 radical (unpaired) electrons. The summed E-state index contributed by atoms with van der Waals surface area (Å²) in [6.45, 7) is 9.59. The first-order valence-corrected chi connectivity index (χ1v) is 9.99. The second-order valence-corrected chi connectivity index (χ2v) is 7.29. The van der Waals surface area contributed by atoms with Gasteiger partial charge in [0.25, 0.3) is 5.56 Å². The van der Waals surface area contributed by atoms with Crippen molar-refractivity contribution in [2.24, 2.45) is 0 Å². The van der Waals surface area contributed by atoms with Gasteiger partial charge in [-0.1, -0.05) is 38.5 Å². The highest BCUT2D eigenvalue weighted by atomic mass is 16.1. The van der Waals surface area contributed by atoms with E-state index in [4.69, 9.17) is 4.98 Å². The molecule has 3 aromatic rings. The predicted molar refractivity (Wildman–Crippen MR) is 112 cm³/mol. The fourth-order valence-electron chi connectivity index (χ4n) is 3.49. The summed E-state index contributed by atoms with van der Waals surface area (Å²) in [6, 6.07) is 14.0. The van der Waals surface area contributed by atoms with Gasteiger partial charge in [0.1, 0.15) is 6.04 Å². The number of fused-ring (bicyclic) bond motifs is 1. The zero-order valence-corrected chi connectivity index (χ0v) is 16.8. The highest BCUT2D eigenvalue weighted by Gasteiger charge is 2.22. The Morgan fingerprint density at radius 3 is 2.56 bits per heavy atom. The van der Waals surface area contributed by atoms with E-state index in [2.05, 4.69) is 45.1 Å². The third kappa shape index (κ3) is 3.96. The lowest BCUT2D eigenvalue weighted by molar-refractivity contribution is -0.697. The highest BCUT2D eigenvalue weighted by Crippen LogP contribution is 2.20. The van der Waals surface area contributed by atoms with E-state index in [-0.39, 0.29) is 11.6 Å². The first kappa shape index (κ1) is 19.3. The summed E-state index contributed by atoms with van der Waals surface area (Å²) in [5.41, 5.74) is 4.10. The molecule has 4 nitrogen and oxygen atoms in total. The van der Waals surface area contributed by atoms with E-state index in [9.17, 15) is 4.79 Å². The minimum absolute atomic E-state index is 0.0150. The average Bonchev–Trinajstić information content (AvgIpc) is 2.68. The Balaban J connectivity index is 2.23. The van der Waals surface area contributed by atoms with E-state index in [1.807, 2.05) is 34.9 Å². The van der Waals surface area contributed by atoms with Crippen molar-refractivity contribution in [1.29, 1.82) is 0 Å². The van der Waals surface area contributed by atoms with Crippen molar-refractivity contribution in [3.05, 3.63) is 69.8 Å². The van der Waals surface area contributed by atoms with Gasteiger partial charge in [-0.2, -0.15) is 0 Å². The summed E-state index contributed by atoms with van der Waals surface area (Å²) in [7, 11) is 0. The number of nitrogens with two attached hydrogens (primary N) is 1. The molecule has 0 aliphatic rings. The number of hydrogen-bond acceptors (Lipinski definition) is 2. The number of para-hydroxylation sites is 1. The minimum atomic E-state index is 0.0150. The average molecular weight is 365 g/mol. The molecular formula is C23H30N3O+. The molecule has 0 saturated heterocycles. The maximum Gasteiger partial charge on any atom is 0.266 e. The Hall–Kier alpha value is -2.46. The van der Waals surface area contributed by atoms with Crippen LogP contribution in [0.2, 0.25) is 0 Å². The molecule has 4 heteroatoms. The third-order valence-electron chi connectivity index (χ3n) is 5.33. The first-order chi connectivity index (χ1) is 13.1. The van der Waals surface area contributed by atoms with Crippen molar-refractivity contribution in [1.82, 2.24) is 9.55 Å². The molecule has 0 saturated carbocycles. The van der Waals surface area contributed by atoms with Gasteiger partial charge in [0.2, 0.25) is 0 Å². The van der Waals surface area contributed by atoms with Crippen LogP contribution in [0.15, 0.2) is 47.3 Å². The maximum atomic E-state index is 13.4. The normalized spacial score (nSPS) is 12.4. The molecule has 0 spiro atoms. The van der Waals surface area contributed by atoms with Crippen LogP contribution >= 0.6 is 0 Å². The van der Waals surface area contributed by atoms with Crippen LogP contribution in [0, 0.1) is 13.8 Å². The Bertz CT molecular complexity index is 991. The summed E-state index contributed by atoms with van der Waals surface area (Å²) >= 11 is 0. The van der Waals surface area contributed by atoms with Gasteiger partial charge >= 0.3 is 0 Å². The van der Waals surface area contributed by atoms with Gasteiger partial charge in [-0.05, 0) is 55.7 Å². The second-order valence-electron chi connectivity index (χ2n) is 7.29. The fraction of sp³-hybridized carbons (Fsp3) is 0.391. The van der Waals surface area contributed by atoms with Crippen molar-refractivity contribution in [2.45, 2.75) is 53.0 Å². The summed E-state index contributed by atoms with van der Waals surface area (Å²) in [6.07, 6.45) is 3.26. The van der Waals surface area contributed by atoms with Gasteiger partial charge < -0.3 is 5.32 Å². The number of benzene rings is 2. The lowest BCUT2D eigenvalue weighted by Crippen LogP contribution is -2.85. The lowest BCUT2D eigenvalue weighted by atomic mass is 10.1. The summed E-state index contributed by atoms with van der Waals surface area (Å²) < 4.78 is 1.82. The molecule has 0 unspecified atom stereocenters. The van der Waals surface area contributed by atoms with Crippen molar-refractivity contribution in [3.63, 3.8) is 0 Å². The van der Waals surface area contributed by atoms with E-state index >= 15 is 0 Å². The number of unbranched alkanes of at least 4 members (excludes halogenated alkanes) is 1. The second kappa shape index (κ2) is 8.49. The Morgan fingerprint density at radius 2 is 1.85 bits per heavy atom. The molecule has 27 heavy (non-hydrogen) atoms. The molecule has 0 bridgehead atoms. The number of hydrogen-bond donors (Lipinski definition) is 1. The summed E-state index contributed by atoms with van der Waals surface area (Å²) in [5.74, 6) is 0.848. The molecular weight excluding hydrogens is 334 g/mol. The molecule has 3 rings (SSSR count). The fourth-order valence-corrected chi connectivity index (χ4v) is 3.49. The van der Waals surface area contributed by atoms with E-state index in [0.717, 1.165) is 36.4 Å². The largest absolute Gasteiger partial charge is 0.338 e. The highest BCUT2D eigenvalue weighted by molar-refractivity contribution is 5.77. The SMILES string of the molecule is CCCC[NH2+][C@@H](CC)c1nc2ccccc2c(=O)n1-c1ccc(C)c(C)c1. The predicted octanol–water partition coefficient (Wildman–Crippen LogP) is 3.82. The lowest BCUT2D eigenvalue weighted by Gasteiger charge is -2.20. The van der Waals surface area contributed by atoms with Gasteiger partial charge in [0.05, 0.1) is 23.1 Å². The number of aryl methyl sites for hydroxylation is 2. The topological polar surface area (TPSA) is 51.5 Å². The number of quaternary nitrogens is 1. The Labute approximate surface area is 161 Å². The van der Waals surface area contributed by atoms with Crippen molar-refractivity contribution < 1.29 is 5.32 Å². The Morgan fingerprint density at radius 1 is 1.07 bits per heavy atom. The molecule has 2 N–H and O–H groups in total. The van der Waals surface area contributed by atoms with E-state index in [1.165, 1.54) is 17.5 Å². The molecule has 0 aliphatic carbocycles. The van der Waals surface area contributed by atoms with E-state index < -0.39 is 0 Å². The van der Waals surface area contributed by atoms with Crippen LogP contribution in [0.4, 0.5) is 0 Å². The van der Waals surface area contributed by atoms with Crippen LogP contribution in [0.25, 0.3) is 16.6 Å². The molecule has 0 fully saturated rings. The molecule has 1 atom stereocenters. The smallest absolute Gasteiger partial charge is 0.266 e. The monoisotopic (exact) mass is 364 g/mol. The zero-order valence-electron chi connectivity index (χ0n) is 16.8. The molecule has 0 aliphatic heterocycles.